The quantitative estimate of drug-likeness (QED) is 0.770. The number of aromatic nitrogens is 3. The van der Waals surface area contributed by atoms with Crippen molar-refractivity contribution in [2.24, 2.45) is 0 Å². The van der Waals surface area contributed by atoms with E-state index >= 15 is 0 Å². The molecule has 0 saturated carbocycles. The van der Waals surface area contributed by atoms with Crippen molar-refractivity contribution in [2.75, 3.05) is 5.73 Å². The third kappa shape index (κ3) is 2.52. The van der Waals surface area contributed by atoms with Crippen LogP contribution in [0.15, 0.2) is 54.9 Å². The standard InChI is InChI=1S/C18H17N5O/c19-17-15(11-21-23(17)16-7-3-4-8-20-16)18(24)22-14-9-12-5-1-2-6-13(12)10-14/h1-8,11,14H,9-10,19H2,(H,22,24). The van der Waals surface area contributed by atoms with E-state index in [0.717, 1.165) is 12.8 Å². The molecule has 1 amide bonds. The molecule has 0 fully saturated rings. The lowest BCUT2D eigenvalue weighted by Crippen LogP contribution is -2.35. The minimum atomic E-state index is -0.201. The second-order valence-corrected chi connectivity index (χ2v) is 5.89. The first-order valence-corrected chi connectivity index (χ1v) is 7.85. The second kappa shape index (κ2) is 5.81. The summed E-state index contributed by atoms with van der Waals surface area (Å²) in [6.07, 6.45) is 4.83. The van der Waals surface area contributed by atoms with Gasteiger partial charge in [0.1, 0.15) is 11.4 Å². The van der Waals surface area contributed by atoms with Crippen molar-refractivity contribution in [2.45, 2.75) is 18.9 Å². The lowest BCUT2D eigenvalue weighted by atomic mass is 10.1. The molecule has 6 nitrogen and oxygen atoms in total. The summed E-state index contributed by atoms with van der Waals surface area (Å²) in [4.78, 5) is 16.8. The van der Waals surface area contributed by atoms with Crippen LogP contribution >= 0.6 is 0 Å². The van der Waals surface area contributed by atoms with Crippen molar-refractivity contribution in [1.29, 1.82) is 0 Å². The van der Waals surface area contributed by atoms with Gasteiger partial charge < -0.3 is 11.1 Å². The van der Waals surface area contributed by atoms with Gasteiger partial charge >= 0.3 is 0 Å². The van der Waals surface area contributed by atoms with Crippen LogP contribution in [0.3, 0.4) is 0 Å². The molecule has 1 aliphatic rings. The fraction of sp³-hybridized carbons (Fsp3) is 0.167. The summed E-state index contributed by atoms with van der Waals surface area (Å²) in [7, 11) is 0. The summed E-state index contributed by atoms with van der Waals surface area (Å²) in [5.74, 6) is 0.677. The molecule has 0 aliphatic heterocycles. The van der Waals surface area contributed by atoms with Crippen molar-refractivity contribution < 1.29 is 4.79 Å². The van der Waals surface area contributed by atoms with Crippen LogP contribution in [-0.2, 0) is 12.8 Å². The van der Waals surface area contributed by atoms with Gasteiger partial charge in [-0.1, -0.05) is 30.3 Å². The maximum atomic E-state index is 12.6. The minimum absolute atomic E-state index is 0.0903. The Morgan fingerprint density at radius 1 is 1.12 bits per heavy atom. The number of benzene rings is 1. The molecule has 0 spiro atoms. The van der Waals surface area contributed by atoms with Crippen LogP contribution in [0.2, 0.25) is 0 Å². The number of hydrogen-bond acceptors (Lipinski definition) is 4. The molecule has 0 atom stereocenters. The number of anilines is 1. The van der Waals surface area contributed by atoms with E-state index in [1.165, 1.54) is 22.0 Å². The van der Waals surface area contributed by atoms with Gasteiger partial charge in [-0.25, -0.2) is 4.98 Å². The fourth-order valence-electron chi connectivity index (χ4n) is 3.12. The number of nitrogens with two attached hydrogens (primary N) is 1. The molecule has 0 unspecified atom stereocenters. The highest BCUT2D eigenvalue weighted by molar-refractivity contribution is 5.98. The maximum absolute atomic E-state index is 12.6. The molecular formula is C18H17N5O. The Labute approximate surface area is 139 Å². The topological polar surface area (TPSA) is 85.8 Å². The van der Waals surface area contributed by atoms with Gasteiger partial charge in [-0.2, -0.15) is 9.78 Å². The number of carbonyl (C=O) groups excluding carboxylic acids is 1. The molecule has 120 valence electrons. The Balaban J connectivity index is 1.51. The van der Waals surface area contributed by atoms with Gasteiger partial charge in [0.15, 0.2) is 5.82 Å². The molecule has 0 saturated heterocycles. The van der Waals surface area contributed by atoms with E-state index in [-0.39, 0.29) is 11.9 Å². The number of hydrogen-bond donors (Lipinski definition) is 2. The van der Waals surface area contributed by atoms with Gasteiger partial charge in [-0.05, 0) is 36.1 Å². The molecule has 3 aromatic rings. The Morgan fingerprint density at radius 2 is 1.83 bits per heavy atom. The zero-order valence-corrected chi connectivity index (χ0v) is 13.0. The van der Waals surface area contributed by atoms with Gasteiger partial charge in [-0.15, -0.1) is 0 Å². The number of carbonyl (C=O) groups is 1. The molecule has 24 heavy (non-hydrogen) atoms. The van der Waals surface area contributed by atoms with E-state index in [9.17, 15) is 4.79 Å². The van der Waals surface area contributed by atoms with Crippen molar-refractivity contribution in [3.8, 4) is 5.82 Å². The molecule has 1 aliphatic carbocycles. The smallest absolute Gasteiger partial charge is 0.256 e. The Kier molecular flexibility index (Phi) is 3.49. The summed E-state index contributed by atoms with van der Waals surface area (Å²) in [5.41, 5.74) is 9.05. The Bertz CT molecular complexity index is 862. The van der Waals surface area contributed by atoms with Gasteiger partial charge in [0, 0.05) is 12.2 Å². The van der Waals surface area contributed by atoms with Gasteiger partial charge in [0.25, 0.3) is 5.91 Å². The molecule has 2 aromatic heterocycles. The van der Waals surface area contributed by atoms with Crippen LogP contribution in [-0.4, -0.2) is 26.7 Å². The van der Waals surface area contributed by atoms with Crippen LogP contribution in [0.1, 0.15) is 21.5 Å². The van der Waals surface area contributed by atoms with Crippen LogP contribution < -0.4 is 11.1 Å². The van der Waals surface area contributed by atoms with Crippen LogP contribution in [0.25, 0.3) is 5.82 Å². The molecule has 3 N–H and O–H groups in total. The summed E-state index contributed by atoms with van der Waals surface area (Å²) in [6, 6.07) is 13.8. The monoisotopic (exact) mass is 319 g/mol. The number of nitrogens with zero attached hydrogens (tertiary/aromatic N) is 3. The molecule has 4 rings (SSSR count). The largest absolute Gasteiger partial charge is 0.383 e. The molecule has 0 bridgehead atoms. The van der Waals surface area contributed by atoms with E-state index < -0.39 is 0 Å². The molecule has 2 heterocycles. The SMILES string of the molecule is Nc1c(C(=O)NC2Cc3ccccc3C2)cnn1-c1ccccn1. The lowest BCUT2D eigenvalue weighted by Gasteiger charge is -2.11. The number of pyridine rings is 1. The number of amides is 1. The van der Waals surface area contributed by atoms with Crippen LogP contribution in [0, 0.1) is 0 Å². The third-order valence-electron chi connectivity index (χ3n) is 4.30. The number of fused-ring (bicyclic) bond motifs is 1. The van der Waals surface area contributed by atoms with Crippen molar-refractivity contribution in [3.63, 3.8) is 0 Å². The van der Waals surface area contributed by atoms with Crippen LogP contribution in [0.4, 0.5) is 5.82 Å². The summed E-state index contributed by atoms with van der Waals surface area (Å²) < 4.78 is 1.47. The lowest BCUT2D eigenvalue weighted by molar-refractivity contribution is 0.0939. The minimum Gasteiger partial charge on any atom is -0.383 e. The number of rotatable bonds is 3. The normalized spacial score (nSPS) is 13.7. The van der Waals surface area contributed by atoms with E-state index in [2.05, 4.69) is 27.5 Å². The number of nitrogens with one attached hydrogen (secondary N) is 1. The van der Waals surface area contributed by atoms with Gasteiger partial charge in [-0.3, -0.25) is 4.79 Å². The molecular weight excluding hydrogens is 302 g/mol. The number of nitrogen functional groups attached to an aromatic ring is 1. The predicted octanol–water partition coefficient (Wildman–Crippen LogP) is 1.75. The van der Waals surface area contributed by atoms with Crippen LogP contribution in [0.5, 0.6) is 0 Å². The first-order chi connectivity index (χ1) is 11.7. The van der Waals surface area contributed by atoms with E-state index in [0.29, 0.717) is 17.2 Å². The van der Waals surface area contributed by atoms with Crippen molar-refractivity contribution in [3.05, 3.63) is 71.5 Å². The first kappa shape index (κ1) is 14.4. The fourth-order valence-corrected chi connectivity index (χ4v) is 3.12. The van der Waals surface area contributed by atoms with E-state index in [1.807, 2.05) is 24.3 Å². The average molecular weight is 319 g/mol. The zero-order valence-electron chi connectivity index (χ0n) is 13.0. The maximum Gasteiger partial charge on any atom is 0.256 e. The average Bonchev–Trinajstić information content (AvgIpc) is 3.18. The third-order valence-corrected chi connectivity index (χ3v) is 4.30. The Morgan fingerprint density at radius 3 is 2.50 bits per heavy atom. The Hall–Kier alpha value is -3.15. The highest BCUT2D eigenvalue weighted by Crippen LogP contribution is 2.22. The highest BCUT2D eigenvalue weighted by atomic mass is 16.1. The summed E-state index contributed by atoms with van der Waals surface area (Å²) in [5, 5.41) is 7.24. The molecule has 6 heteroatoms. The molecule has 1 aromatic carbocycles. The molecule has 0 radical (unpaired) electrons. The predicted molar refractivity (Wildman–Crippen MR) is 90.9 cm³/mol. The highest BCUT2D eigenvalue weighted by Gasteiger charge is 2.24. The van der Waals surface area contributed by atoms with E-state index in [4.69, 9.17) is 5.73 Å². The van der Waals surface area contributed by atoms with E-state index in [1.54, 1.807) is 12.3 Å². The van der Waals surface area contributed by atoms with Gasteiger partial charge in [0.05, 0.1) is 6.20 Å². The van der Waals surface area contributed by atoms with Gasteiger partial charge in [0.2, 0.25) is 0 Å². The first-order valence-electron chi connectivity index (χ1n) is 7.85. The van der Waals surface area contributed by atoms with Crippen molar-refractivity contribution >= 4 is 11.7 Å². The summed E-state index contributed by atoms with van der Waals surface area (Å²) in [6.45, 7) is 0. The zero-order chi connectivity index (χ0) is 16.5. The van der Waals surface area contributed by atoms with Crippen molar-refractivity contribution in [1.82, 2.24) is 20.1 Å². The second-order valence-electron chi connectivity index (χ2n) is 5.89. The summed E-state index contributed by atoms with van der Waals surface area (Å²) >= 11 is 0.